The standard InChI is InChI=1S/C21H21NOS/c1-21(2,3)16-11-9-15(10-12-16)19(23)17-13-18(24-20(17)22)14-7-5-4-6-8-14/h4-13H,22H2,1-3H3. The zero-order valence-corrected chi connectivity index (χ0v) is 15.0. The van der Waals surface area contributed by atoms with Crippen molar-refractivity contribution in [2.24, 2.45) is 0 Å². The summed E-state index contributed by atoms with van der Waals surface area (Å²) in [4.78, 5) is 13.8. The van der Waals surface area contributed by atoms with Gasteiger partial charge in [-0.3, -0.25) is 4.79 Å². The van der Waals surface area contributed by atoms with Crippen LogP contribution in [0.2, 0.25) is 0 Å². The number of rotatable bonds is 3. The monoisotopic (exact) mass is 335 g/mol. The fourth-order valence-electron chi connectivity index (χ4n) is 2.60. The Morgan fingerprint density at radius 2 is 1.58 bits per heavy atom. The number of hydrogen-bond acceptors (Lipinski definition) is 3. The molecule has 3 rings (SSSR count). The highest BCUT2D eigenvalue weighted by Crippen LogP contribution is 2.34. The first kappa shape index (κ1) is 16.5. The summed E-state index contributed by atoms with van der Waals surface area (Å²) in [6.07, 6.45) is 0. The van der Waals surface area contributed by atoms with Crippen LogP contribution < -0.4 is 5.73 Å². The predicted molar refractivity (Wildman–Crippen MR) is 103 cm³/mol. The fourth-order valence-corrected chi connectivity index (χ4v) is 3.53. The first-order chi connectivity index (χ1) is 11.4. The van der Waals surface area contributed by atoms with Gasteiger partial charge in [0.2, 0.25) is 0 Å². The quantitative estimate of drug-likeness (QED) is 0.640. The van der Waals surface area contributed by atoms with E-state index >= 15 is 0 Å². The maximum Gasteiger partial charge on any atom is 0.195 e. The smallest absolute Gasteiger partial charge is 0.195 e. The van der Waals surface area contributed by atoms with Gasteiger partial charge in [0.15, 0.2) is 5.78 Å². The Hall–Kier alpha value is -2.39. The van der Waals surface area contributed by atoms with Crippen molar-refractivity contribution in [3.63, 3.8) is 0 Å². The molecule has 24 heavy (non-hydrogen) atoms. The third-order valence-electron chi connectivity index (χ3n) is 4.08. The molecule has 2 nitrogen and oxygen atoms in total. The SMILES string of the molecule is CC(C)(C)c1ccc(C(=O)c2cc(-c3ccccc3)sc2N)cc1. The zero-order valence-electron chi connectivity index (χ0n) is 14.2. The van der Waals surface area contributed by atoms with Crippen molar-refractivity contribution in [1.29, 1.82) is 0 Å². The van der Waals surface area contributed by atoms with Crippen LogP contribution in [0.15, 0.2) is 60.7 Å². The number of nitrogens with two attached hydrogens (primary N) is 1. The van der Waals surface area contributed by atoms with Crippen LogP contribution in [0.5, 0.6) is 0 Å². The Bertz CT molecular complexity index is 855. The highest BCUT2D eigenvalue weighted by Gasteiger charge is 2.18. The van der Waals surface area contributed by atoms with Crippen molar-refractivity contribution < 1.29 is 4.79 Å². The summed E-state index contributed by atoms with van der Waals surface area (Å²) in [5.41, 5.74) is 9.74. The van der Waals surface area contributed by atoms with Crippen LogP contribution in [0.3, 0.4) is 0 Å². The molecule has 0 unspecified atom stereocenters. The van der Waals surface area contributed by atoms with E-state index in [1.165, 1.54) is 16.9 Å². The molecule has 0 atom stereocenters. The maximum absolute atomic E-state index is 12.8. The first-order valence-electron chi connectivity index (χ1n) is 7.96. The Kier molecular flexibility index (Phi) is 4.29. The lowest BCUT2D eigenvalue weighted by Crippen LogP contribution is -2.11. The summed E-state index contributed by atoms with van der Waals surface area (Å²) in [5, 5.41) is 0.568. The second-order valence-corrected chi connectivity index (χ2v) is 7.99. The van der Waals surface area contributed by atoms with Crippen LogP contribution in [0.25, 0.3) is 10.4 Å². The molecule has 0 fully saturated rings. The third-order valence-corrected chi connectivity index (χ3v) is 5.09. The molecule has 122 valence electrons. The van der Waals surface area contributed by atoms with E-state index in [9.17, 15) is 4.79 Å². The van der Waals surface area contributed by atoms with Crippen molar-refractivity contribution in [2.75, 3.05) is 5.73 Å². The molecule has 0 radical (unpaired) electrons. The van der Waals surface area contributed by atoms with E-state index in [2.05, 4.69) is 20.8 Å². The summed E-state index contributed by atoms with van der Waals surface area (Å²) < 4.78 is 0. The lowest BCUT2D eigenvalue weighted by Gasteiger charge is -2.18. The number of thiophene rings is 1. The van der Waals surface area contributed by atoms with Gasteiger partial charge in [0.1, 0.15) is 0 Å². The Balaban J connectivity index is 1.92. The minimum Gasteiger partial charge on any atom is -0.390 e. The van der Waals surface area contributed by atoms with Crippen LogP contribution in [-0.4, -0.2) is 5.78 Å². The summed E-state index contributed by atoms with van der Waals surface area (Å²) >= 11 is 1.45. The minimum absolute atomic E-state index is 0.0219. The minimum atomic E-state index is -0.0219. The average Bonchev–Trinajstić information content (AvgIpc) is 2.96. The molecule has 0 aliphatic carbocycles. The van der Waals surface area contributed by atoms with Crippen molar-refractivity contribution in [3.05, 3.63) is 77.4 Å². The van der Waals surface area contributed by atoms with Crippen molar-refractivity contribution >= 4 is 22.1 Å². The first-order valence-corrected chi connectivity index (χ1v) is 8.78. The topological polar surface area (TPSA) is 43.1 Å². The van der Waals surface area contributed by atoms with Gasteiger partial charge < -0.3 is 5.73 Å². The van der Waals surface area contributed by atoms with E-state index in [0.29, 0.717) is 16.1 Å². The Morgan fingerprint density at radius 1 is 0.958 bits per heavy atom. The van der Waals surface area contributed by atoms with Crippen LogP contribution in [-0.2, 0) is 5.41 Å². The Labute approximate surface area is 147 Å². The van der Waals surface area contributed by atoms with Crippen molar-refractivity contribution in [1.82, 2.24) is 0 Å². The van der Waals surface area contributed by atoms with Crippen molar-refractivity contribution in [2.45, 2.75) is 26.2 Å². The summed E-state index contributed by atoms with van der Waals surface area (Å²) in [7, 11) is 0. The molecule has 3 aromatic rings. The van der Waals surface area contributed by atoms with Gasteiger partial charge >= 0.3 is 0 Å². The van der Waals surface area contributed by atoms with E-state index in [1.54, 1.807) is 0 Å². The molecular weight excluding hydrogens is 314 g/mol. The van der Waals surface area contributed by atoms with E-state index in [1.807, 2.05) is 60.7 Å². The van der Waals surface area contributed by atoms with E-state index in [0.717, 1.165) is 10.4 Å². The number of nitrogen functional groups attached to an aromatic ring is 1. The van der Waals surface area contributed by atoms with Crippen LogP contribution in [0.4, 0.5) is 5.00 Å². The van der Waals surface area contributed by atoms with Gasteiger partial charge in [-0.25, -0.2) is 0 Å². The lowest BCUT2D eigenvalue weighted by atomic mass is 9.86. The molecule has 0 amide bonds. The van der Waals surface area contributed by atoms with Gasteiger partial charge in [-0.2, -0.15) is 0 Å². The fraction of sp³-hybridized carbons (Fsp3) is 0.190. The lowest BCUT2D eigenvalue weighted by molar-refractivity contribution is 0.104. The van der Waals surface area contributed by atoms with Crippen LogP contribution in [0, 0.1) is 0 Å². The number of carbonyl (C=O) groups is 1. The maximum atomic E-state index is 12.8. The predicted octanol–water partition coefficient (Wildman–Crippen LogP) is 5.53. The van der Waals surface area contributed by atoms with Crippen LogP contribution in [0.1, 0.15) is 42.3 Å². The summed E-state index contributed by atoms with van der Waals surface area (Å²) in [6.45, 7) is 6.48. The van der Waals surface area contributed by atoms with Gasteiger partial charge in [0.25, 0.3) is 0 Å². The van der Waals surface area contributed by atoms with Gasteiger partial charge in [-0.15, -0.1) is 11.3 Å². The van der Waals surface area contributed by atoms with Crippen molar-refractivity contribution in [3.8, 4) is 10.4 Å². The van der Waals surface area contributed by atoms with Gasteiger partial charge in [-0.1, -0.05) is 75.4 Å². The molecule has 0 bridgehead atoms. The summed E-state index contributed by atoms with van der Waals surface area (Å²) in [6, 6.07) is 19.7. The molecule has 2 aromatic carbocycles. The van der Waals surface area contributed by atoms with E-state index < -0.39 is 0 Å². The largest absolute Gasteiger partial charge is 0.390 e. The van der Waals surface area contributed by atoms with E-state index in [4.69, 9.17) is 5.73 Å². The summed E-state index contributed by atoms with van der Waals surface area (Å²) in [5.74, 6) is -0.0219. The second kappa shape index (κ2) is 6.25. The third kappa shape index (κ3) is 3.26. The molecule has 0 spiro atoms. The highest BCUT2D eigenvalue weighted by atomic mass is 32.1. The Morgan fingerprint density at radius 3 is 2.17 bits per heavy atom. The number of anilines is 1. The number of carbonyl (C=O) groups excluding carboxylic acids is 1. The molecular formula is C21H21NOS. The molecule has 2 N–H and O–H groups in total. The highest BCUT2D eigenvalue weighted by molar-refractivity contribution is 7.19. The average molecular weight is 335 g/mol. The molecule has 0 saturated carbocycles. The number of ketones is 1. The van der Waals surface area contributed by atoms with Gasteiger partial charge in [0, 0.05) is 10.4 Å². The molecule has 0 aliphatic rings. The number of hydrogen-bond donors (Lipinski definition) is 1. The zero-order chi connectivity index (χ0) is 17.3. The molecule has 0 saturated heterocycles. The number of benzene rings is 2. The van der Waals surface area contributed by atoms with E-state index in [-0.39, 0.29) is 11.2 Å². The molecule has 1 heterocycles. The molecule has 1 aromatic heterocycles. The van der Waals surface area contributed by atoms with Gasteiger partial charge in [-0.05, 0) is 22.6 Å². The molecule has 3 heteroatoms. The molecule has 0 aliphatic heterocycles. The second-order valence-electron chi connectivity index (χ2n) is 6.91. The van der Waals surface area contributed by atoms with Gasteiger partial charge in [0.05, 0.1) is 10.6 Å². The van der Waals surface area contributed by atoms with Crippen LogP contribution >= 0.6 is 11.3 Å². The normalized spacial score (nSPS) is 11.5.